The molecule has 1 amide bonds. The van der Waals surface area contributed by atoms with Crippen LogP contribution in [0.25, 0.3) is 10.2 Å². The van der Waals surface area contributed by atoms with E-state index in [9.17, 15) is 4.79 Å². The molecule has 1 aromatic heterocycles. The summed E-state index contributed by atoms with van der Waals surface area (Å²) in [4.78, 5) is 17.3. The van der Waals surface area contributed by atoms with Crippen LogP contribution in [0.3, 0.4) is 0 Å². The van der Waals surface area contributed by atoms with E-state index < -0.39 is 0 Å². The molecule has 140 valence electrons. The molecular weight excluding hydrogens is 372 g/mol. The number of aromatic nitrogens is 1. The summed E-state index contributed by atoms with van der Waals surface area (Å²) >= 11 is 1.53. The van der Waals surface area contributed by atoms with Gasteiger partial charge in [-0.05, 0) is 35.9 Å². The standard InChI is InChI=1S/C22H18N2O3S/c1-26-18-8-5-9-19(27-13-15-6-3-2-4-7-15)21(18)22(25)24-16-10-11-17-20(12-16)28-14-23-17/h2-12,14H,13H2,1H3,(H,24,25). The minimum atomic E-state index is -0.288. The first kappa shape index (κ1) is 18.0. The minimum Gasteiger partial charge on any atom is -0.496 e. The Morgan fingerprint density at radius 1 is 1.04 bits per heavy atom. The van der Waals surface area contributed by atoms with Gasteiger partial charge in [0.25, 0.3) is 5.91 Å². The molecule has 0 atom stereocenters. The highest BCUT2D eigenvalue weighted by Gasteiger charge is 2.19. The van der Waals surface area contributed by atoms with E-state index in [0.29, 0.717) is 29.4 Å². The van der Waals surface area contributed by atoms with Gasteiger partial charge >= 0.3 is 0 Å². The zero-order valence-electron chi connectivity index (χ0n) is 15.2. The average molecular weight is 390 g/mol. The number of anilines is 1. The van der Waals surface area contributed by atoms with Crippen LogP contribution in [0.4, 0.5) is 5.69 Å². The van der Waals surface area contributed by atoms with Gasteiger partial charge in [-0.25, -0.2) is 4.98 Å². The highest BCUT2D eigenvalue weighted by molar-refractivity contribution is 7.16. The van der Waals surface area contributed by atoms with Crippen molar-refractivity contribution in [3.8, 4) is 11.5 Å². The van der Waals surface area contributed by atoms with Crippen LogP contribution < -0.4 is 14.8 Å². The fraction of sp³-hybridized carbons (Fsp3) is 0.0909. The van der Waals surface area contributed by atoms with Gasteiger partial charge in [0.1, 0.15) is 23.7 Å². The number of amides is 1. The second kappa shape index (κ2) is 8.10. The summed E-state index contributed by atoms with van der Waals surface area (Å²) in [6.07, 6.45) is 0. The number of nitrogens with zero attached hydrogens (tertiary/aromatic N) is 1. The lowest BCUT2D eigenvalue weighted by atomic mass is 10.1. The number of carbonyl (C=O) groups excluding carboxylic acids is 1. The summed E-state index contributed by atoms with van der Waals surface area (Å²) < 4.78 is 12.4. The number of hydrogen-bond donors (Lipinski definition) is 1. The Hall–Kier alpha value is -3.38. The van der Waals surface area contributed by atoms with Crippen molar-refractivity contribution in [2.75, 3.05) is 12.4 Å². The summed E-state index contributed by atoms with van der Waals surface area (Å²) in [5.41, 5.74) is 4.78. The summed E-state index contributed by atoms with van der Waals surface area (Å²) in [5, 5.41) is 2.93. The van der Waals surface area contributed by atoms with E-state index >= 15 is 0 Å². The monoisotopic (exact) mass is 390 g/mol. The first-order valence-corrected chi connectivity index (χ1v) is 9.61. The van der Waals surface area contributed by atoms with Crippen LogP contribution in [0, 0.1) is 0 Å². The van der Waals surface area contributed by atoms with E-state index in [0.717, 1.165) is 15.8 Å². The number of rotatable bonds is 6. The molecule has 28 heavy (non-hydrogen) atoms. The molecule has 0 spiro atoms. The number of hydrogen-bond acceptors (Lipinski definition) is 5. The first-order chi connectivity index (χ1) is 13.7. The van der Waals surface area contributed by atoms with Gasteiger partial charge in [-0.15, -0.1) is 11.3 Å². The Balaban J connectivity index is 1.60. The maximum atomic E-state index is 13.0. The van der Waals surface area contributed by atoms with Gasteiger partial charge in [0.15, 0.2) is 0 Å². The van der Waals surface area contributed by atoms with E-state index in [1.165, 1.54) is 18.4 Å². The van der Waals surface area contributed by atoms with E-state index in [1.807, 2.05) is 48.5 Å². The molecule has 0 aliphatic carbocycles. The highest BCUT2D eigenvalue weighted by atomic mass is 32.1. The van der Waals surface area contributed by atoms with Gasteiger partial charge < -0.3 is 14.8 Å². The molecule has 0 radical (unpaired) electrons. The number of benzene rings is 3. The van der Waals surface area contributed by atoms with Crippen LogP contribution in [0.5, 0.6) is 11.5 Å². The molecule has 0 aliphatic rings. The second-order valence-electron chi connectivity index (χ2n) is 6.10. The molecule has 0 bridgehead atoms. The Morgan fingerprint density at radius 3 is 2.68 bits per heavy atom. The number of methoxy groups -OCH3 is 1. The predicted octanol–water partition coefficient (Wildman–Crippen LogP) is 5.14. The molecule has 0 fully saturated rings. The van der Waals surface area contributed by atoms with Crippen molar-refractivity contribution < 1.29 is 14.3 Å². The van der Waals surface area contributed by atoms with Crippen molar-refractivity contribution in [3.05, 3.63) is 83.4 Å². The topological polar surface area (TPSA) is 60.5 Å². The van der Waals surface area contributed by atoms with Crippen molar-refractivity contribution >= 4 is 33.1 Å². The van der Waals surface area contributed by atoms with Gasteiger partial charge in [-0.2, -0.15) is 0 Å². The Kier molecular flexibility index (Phi) is 5.21. The average Bonchev–Trinajstić information content (AvgIpc) is 3.20. The van der Waals surface area contributed by atoms with Crippen molar-refractivity contribution in [2.45, 2.75) is 6.61 Å². The van der Waals surface area contributed by atoms with Gasteiger partial charge in [-0.3, -0.25) is 4.79 Å². The van der Waals surface area contributed by atoms with Crippen LogP contribution in [0.2, 0.25) is 0 Å². The number of nitrogens with one attached hydrogen (secondary N) is 1. The maximum absolute atomic E-state index is 13.0. The summed E-state index contributed by atoms with van der Waals surface area (Å²) in [7, 11) is 1.54. The quantitative estimate of drug-likeness (QED) is 0.495. The molecule has 0 aliphatic heterocycles. The van der Waals surface area contributed by atoms with E-state index in [4.69, 9.17) is 9.47 Å². The molecular formula is C22H18N2O3S. The largest absolute Gasteiger partial charge is 0.496 e. The zero-order chi connectivity index (χ0) is 19.3. The summed E-state index contributed by atoms with van der Waals surface area (Å²) in [6, 6.07) is 20.8. The van der Waals surface area contributed by atoms with Crippen LogP contribution in [0.1, 0.15) is 15.9 Å². The molecule has 1 N–H and O–H groups in total. The Morgan fingerprint density at radius 2 is 1.86 bits per heavy atom. The van der Waals surface area contributed by atoms with E-state index in [-0.39, 0.29) is 5.91 Å². The minimum absolute atomic E-state index is 0.288. The molecule has 6 heteroatoms. The third-order valence-electron chi connectivity index (χ3n) is 4.26. The molecule has 5 nitrogen and oxygen atoms in total. The molecule has 3 aromatic carbocycles. The van der Waals surface area contributed by atoms with Gasteiger partial charge in [0.05, 0.1) is 22.8 Å². The van der Waals surface area contributed by atoms with Crippen molar-refractivity contribution in [2.24, 2.45) is 0 Å². The van der Waals surface area contributed by atoms with Crippen LogP contribution >= 0.6 is 11.3 Å². The van der Waals surface area contributed by atoms with Crippen LogP contribution in [-0.2, 0) is 6.61 Å². The molecule has 0 unspecified atom stereocenters. The van der Waals surface area contributed by atoms with Crippen LogP contribution in [0.15, 0.2) is 72.2 Å². The number of ether oxygens (including phenoxy) is 2. The van der Waals surface area contributed by atoms with Crippen molar-refractivity contribution in [1.82, 2.24) is 4.98 Å². The Bertz CT molecular complexity index is 1110. The lowest BCUT2D eigenvalue weighted by molar-refractivity contribution is 0.101. The van der Waals surface area contributed by atoms with Gasteiger partial charge in [0.2, 0.25) is 0 Å². The third-order valence-corrected chi connectivity index (χ3v) is 5.05. The number of fused-ring (bicyclic) bond motifs is 1. The van der Waals surface area contributed by atoms with E-state index in [2.05, 4.69) is 10.3 Å². The third kappa shape index (κ3) is 3.82. The van der Waals surface area contributed by atoms with Crippen LogP contribution in [-0.4, -0.2) is 18.0 Å². The van der Waals surface area contributed by atoms with Gasteiger partial charge in [-0.1, -0.05) is 36.4 Å². The molecule has 0 saturated heterocycles. The molecule has 1 heterocycles. The van der Waals surface area contributed by atoms with Gasteiger partial charge in [0, 0.05) is 5.69 Å². The fourth-order valence-electron chi connectivity index (χ4n) is 2.89. The fourth-order valence-corrected chi connectivity index (χ4v) is 3.60. The lowest BCUT2D eigenvalue weighted by Gasteiger charge is -2.15. The molecule has 4 aromatic rings. The van der Waals surface area contributed by atoms with Crippen molar-refractivity contribution in [3.63, 3.8) is 0 Å². The normalized spacial score (nSPS) is 10.6. The molecule has 0 saturated carbocycles. The molecule has 4 rings (SSSR count). The zero-order valence-corrected chi connectivity index (χ0v) is 16.0. The lowest BCUT2D eigenvalue weighted by Crippen LogP contribution is -2.15. The summed E-state index contributed by atoms with van der Waals surface area (Å²) in [6.45, 7) is 0.362. The maximum Gasteiger partial charge on any atom is 0.263 e. The van der Waals surface area contributed by atoms with E-state index in [1.54, 1.807) is 23.7 Å². The predicted molar refractivity (Wildman–Crippen MR) is 111 cm³/mol. The Labute approximate surface area is 166 Å². The smallest absolute Gasteiger partial charge is 0.263 e. The number of thiazole rings is 1. The second-order valence-corrected chi connectivity index (χ2v) is 6.98. The SMILES string of the molecule is COc1cccc(OCc2ccccc2)c1C(=O)Nc1ccc2ncsc2c1. The first-order valence-electron chi connectivity index (χ1n) is 8.73. The summed E-state index contributed by atoms with van der Waals surface area (Å²) in [5.74, 6) is 0.644. The van der Waals surface area contributed by atoms with Crippen molar-refractivity contribution in [1.29, 1.82) is 0 Å². The number of carbonyl (C=O) groups is 1. The highest BCUT2D eigenvalue weighted by Crippen LogP contribution is 2.30.